The number of fused-ring (bicyclic) bond motifs is 1. The summed E-state index contributed by atoms with van der Waals surface area (Å²) in [5, 5.41) is 7.49. The third-order valence-electron chi connectivity index (χ3n) is 7.44. The lowest BCUT2D eigenvalue weighted by molar-refractivity contribution is 0.0706. The van der Waals surface area contributed by atoms with Crippen LogP contribution in [0.1, 0.15) is 45.1 Å². The molecule has 0 unspecified atom stereocenters. The molecule has 0 bridgehead atoms. The zero-order valence-electron chi connectivity index (χ0n) is 22.9. The number of hydrogen-bond donors (Lipinski definition) is 1. The van der Waals surface area contributed by atoms with Gasteiger partial charge in [0.25, 0.3) is 11.8 Å². The van der Waals surface area contributed by atoms with E-state index in [1.165, 1.54) is 15.2 Å². The van der Waals surface area contributed by atoms with Crippen LogP contribution in [0.4, 0.5) is 4.39 Å². The number of aromatic nitrogens is 4. The maximum atomic E-state index is 14.5. The van der Waals surface area contributed by atoms with Crippen molar-refractivity contribution in [2.75, 3.05) is 6.54 Å². The third kappa shape index (κ3) is 5.41. The zero-order valence-corrected chi connectivity index (χ0v) is 25.2. The van der Waals surface area contributed by atoms with E-state index in [4.69, 9.17) is 11.6 Å². The summed E-state index contributed by atoms with van der Waals surface area (Å²) >= 11 is 9.58. The maximum absolute atomic E-state index is 14.5. The number of nitrogens with zero attached hydrogens (tertiary/aromatic N) is 5. The Labute approximate surface area is 259 Å². The third-order valence-corrected chi connectivity index (χ3v) is 8.68. The van der Waals surface area contributed by atoms with Gasteiger partial charge in [0.15, 0.2) is 0 Å². The Balaban J connectivity index is 1.41. The molecule has 3 heterocycles. The van der Waals surface area contributed by atoms with Crippen LogP contribution in [0, 0.1) is 5.82 Å². The van der Waals surface area contributed by atoms with Gasteiger partial charge in [0.05, 0.1) is 34.7 Å². The van der Waals surface area contributed by atoms with Crippen molar-refractivity contribution in [2.24, 2.45) is 0 Å². The second-order valence-corrected chi connectivity index (χ2v) is 11.4. The summed E-state index contributed by atoms with van der Waals surface area (Å²) < 4.78 is 19.8. The lowest BCUT2D eigenvalue weighted by atomic mass is 10.1. The smallest absolute Gasteiger partial charge is 0.333 e. The molecule has 2 aromatic heterocycles. The Bertz CT molecular complexity index is 1900. The molecule has 1 aliphatic rings. The first kappa shape index (κ1) is 28.6. The zero-order chi connectivity index (χ0) is 30.2. The van der Waals surface area contributed by atoms with Crippen LogP contribution < -0.4 is 11.0 Å². The SMILES string of the molecule is C[C@@H](NC(=O)c1c2n(c(=O)n1-c1ccc(-n3cccn3)cc1)CCN(C(=O)c1ccc(Br)c(Cl)c1)C2)c1ccccc1F. The molecule has 6 rings (SSSR count). The Morgan fingerprint density at radius 3 is 2.47 bits per heavy atom. The summed E-state index contributed by atoms with van der Waals surface area (Å²) in [5.41, 5.74) is 1.97. The Hall–Kier alpha value is -4.48. The lowest BCUT2D eigenvalue weighted by Gasteiger charge is -2.28. The first-order valence-corrected chi connectivity index (χ1v) is 14.6. The number of amides is 2. The monoisotopic (exact) mass is 662 g/mol. The second-order valence-electron chi connectivity index (χ2n) is 10.1. The van der Waals surface area contributed by atoms with Crippen molar-refractivity contribution in [2.45, 2.75) is 26.1 Å². The van der Waals surface area contributed by atoms with Gasteiger partial charge in [-0.05, 0) is 77.5 Å². The number of rotatable bonds is 6. The minimum atomic E-state index is -0.693. The highest BCUT2D eigenvalue weighted by Crippen LogP contribution is 2.27. The predicted molar refractivity (Wildman–Crippen MR) is 163 cm³/mol. The van der Waals surface area contributed by atoms with E-state index in [1.807, 2.05) is 0 Å². The fourth-order valence-electron chi connectivity index (χ4n) is 5.26. The average molecular weight is 664 g/mol. The number of benzene rings is 3. The molecule has 0 saturated heterocycles. The van der Waals surface area contributed by atoms with Gasteiger partial charge in [0.1, 0.15) is 11.5 Å². The summed E-state index contributed by atoms with van der Waals surface area (Å²) in [6, 6.07) is 19.3. The molecule has 0 spiro atoms. The van der Waals surface area contributed by atoms with Crippen molar-refractivity contribution in [1.29, 1.82) is 0 Å². The molecule has 0 radical (unpaired) electrons. The molecule has 0 fully saturated rings. The van der Waals surface area contributed by atoms with E-state index in [-0.39, 0.29) is 31.2 Å². The van der Waals surface area contributed by atoms with E-state index in [0.717, 1.165) is 5.69 Å². The standard InChI is InChI=1S/C31H25BrClFN6O3/c1-19(23-5-2-3-6-26(23)34)36-29(41)28-27-18-37(30(42)20-7-12-24(32)25(33)17-20)15-16-38(27)31(43)40(28)22-10-8-21(9-11-22)39-14-4-13-35-39/h2-14,17,19H,15-16,18H2,1H3,(H,36,41)/t19-/m1/s1. The normalized spacial score (nSPS) is 13.4. The molecule has 3 aromatic carbocycles. The van der Waals surface area contributed by atoms with Gasteiger partial charge >= 0.3 is 5.69 Å². The average Bonchev–Trinajstić information content (AvgIpc) is 3.65. The number of imidazole rings is 1. The van der Waals surface area contributed by atoms with Crippen LogP contribution in [-0.2, 0) is 13.1 Å². The van der Waals surface area contributed by atoms with Crippen molar-refractivity contribution >= 4 is 39.3 Å². The Kier molecular flexibility index (Phi) is 7.76. The van der Waals surface area contributed by atoms with Crippen LogP contribution in [0.2, 0.25) is 5.02 Å². The first-order chi connectivity index (χ1) is 20.7. The van der Waals surface area contributed by atoms with Gasteiger partial charge in [-0.15, -0.1) is 0 Å². The summed E-state index contributed by atoms with van der Waals surface area (Å²) in [5.74, 6) is -1.31. The number of halogens is 3. The van der Waals surface area contributed by atoms with Crippen LogP contribution in [0.5, 0.6) is 0 Å². The van der Waals surface area contributed by atoms with Crippen molar-refractivity contribution in [1.82, 2.24) is 29.1 Å². The van der Waals surface area contributed by atoms with E-state index >= 15 is 0 Å². The molecule has 9 nitrogen and oxygen atoms in total. The first-order valence-electron chi connectivity index (χ1n) is 13.5. The van der Waals surface area contributed by atoms with Gasteiger partial charge in [-0.25, -0.2) is 13.9 Å². The lowest BCUT2D eigenvalue weighted by Crippen LogP contribution is -2.41. The van der Waals surface area contributed by atoms with Crippen molar-refractivity contribution < 1.29 is 14.0 Å². The Morgan fingerprint density at radius 2 is 1.77 bits per heavy atom. The van der Waals surface area contributed by atoms with E-state index in [2.05, 4.69) is 26.3 Å². The van der Waals surface area contributed by atoms with Crippen LogP contribution in [0.25, 0.3) is 11.4 Å². The van der Waals surface area contributed by atoms with Gasteiger partial charge in [-0.1, -0.05) is 29.8 Å². The molecule has 1 atom stereocenters. The fraction of sp³-hybridized carbons (Fsp3) is 0.161. The molecular formula is C31H25BrClFN6O3. The van der Waals surface area contributed by atoms with E-state index in [0.29, 0.717) is 32.0 Å². The number of carbonyl (C=O) groups is 2. The van der Waals surface area contributed by atoms with Gasteiger partial charge in [0.2, 0.25) is 0 Å². The Morgan fingerprint density at radius 1 is 1.02 bits per heavy atom. The molecule has 0 aliphatic carbocycles. The second kappa shape index (κ2) is 11.7. The van der Waals surface area contributed by atoms with Crippen LogP contribution >= 0.6 is 27.5 Å². The molecule has 2 amide bonds. The largest absolute Gasteiger partial charge is 0.344 e. The molecule has 43 heavy (non-hydrogen) atoms. The summed E-state index contributed by atoms with van der Waals surface area (Å²) in [6.07, 6.45) is 3.46. The minimum absolute atomic E-state index is 0.0109. The molecule has 12 heteroatoms. The fourth-order valence-corrected chi connectivity index (χ4v) is 5.69. The van der Waals surface area contributed by atoms with E-state index < -0.39 is 23.5 Å². The molecule has 1 N–H and O–H groups in total. The summed E-state index contributed by atoms with van der Waals surface area (Å²) in [7, 11) is 0. The topological polar surface area (TPSA) is 94.2 Å². The van der Waals surface area contributed by atoms with Gasteiger partial charge in [0, 0.05) is 41.1 Å². The van der Waals surface area contributed by atoms with Crippen molar-refractivity contribution in [3.05, 3.63) is 134 Å². The predicted octanol–water partition coefficient (Wildman–Crippen LogP) is 5.53. The molecular weight excluding hydrogens is 639 g/mol. The minimum Gasteiger partial charge on any atom is -0.344 e. The van der Waals surface area contributed by atoms with Gasteiger partial charge in [-0.2, -0.15) is 5.10 Å². The quantitative estimate of drug-likeness (QED) is 0.259. The molecule has 0 saturated carbocycles. The number of carbonyl (C=O) groups excluding carboxylic acids is 2. The number of hydrogen-bond acceptors (Lipinski definition) is 4. The van der Waals surface area contributed by atoms with Gasteiger partial charge < -0.3 is 10.2 Å². The van der Waals surface area contributed by atoms with E-state index in [1.54, 1.807) is 95.6 Å². The van der Waals surface area contributed by atoms with E-state index in [9.17, 15) is 18.8 Å². The number of nitrogens with one attached hydrogen (secondary N) is 1. The molecule has 5 aromatic rings. The molecule has 218 valence electrons. The summed E-state index contributed by atoms with van der Waals surface area (Å²) in [6.45, 7) is 2.13. The highest BCUT2D eigenvalue weighted by atomic mass is 79.9. The van der Waals surface area contributed by atoms with Crippen LogP contribution in [0.3, 0.4) is 0 Å². The highest BCUT2D eigenvalue weighted by molar-refractivity contribution is 9.10. The maximum Gasteiger partial charge on any atom is 0.333 e. The summed E-state index contributed by atoms with van der Waals surface area (Å²) in [4.78, 5) is 42.8. The van der Waals surface area contributed by atoms with Gasteiger partial charge in [-0.3, -0.25) is 18.7 Å². The van der Waals surface area contributed by atoms with Crippen LogP contribution in [0.15, 0.2) is 94.5 Å². The van der Waals surface area contributed by atoms with Crippen LogP contribution in [-0.4, -0.2) is 42.2 Å². The van der Waals surface area contributed by atoms with Crippen molar-refractivity contribution in [3.63, 3.8) is 0 Å². The highest BCUT2D eigenvalue weighted by Gasteiger charge is 2.33. The van der Waals surface area contributed by atoms with Crippen molar-refractivity contribution in [3.8, 4) is 11.4 Å². The molecule has 1 aliphatic heterocycles.